The Kier molecular flexibility index (Phi) is 4.20. The van der Waals surface area contributed by atoms with E-state index in [0.717, 1.165) is 48.1 Å². The third kappa shape index (κ3) is 3.20. The Balaban J connectivity index is 1.23. The van der Waals surface area contributed by atoms with E-state index < -0.39 is 0 Å². The first-order chi connectivity index (χ1) is 13.8. The van der Waals surface area contributed by atoms with E-state index in [9.17, 15) is 4.79 Å². The number of carbonyl (C=O) groups is 1. The van der Waals surface area contributed by atoms with Crippen molar-refractivity contribution in [3.8, 4) is 0 Å². The van der Waals surface area contributed by atoms with Crippen LogP contribution in [-0.2, 0) is 4.79 Å². The first kappa shape index (κ1) is 16.8. The molecule has 0 aliphatic carbocycles. The van der Waals surface area contributed by atoms with Gasteiger partial charge in [0.05, 0.1) is 0 Å². The third-order valence-electron chi connectivity index (χ3n) is 5.44. The smallest absolute Gasteiger partial charge is 0.298 e. The highest BCUT2D eigenvalue weighted by Gasteiger charge is 2.27. The molecule has 0 saturated carbocycles. The molecule has 1 fully saturated rings. The maximum atomic E-state index is 12.7. The summed E-state index contributed by atoms with van der Waals surface area (Å²) in [6.45, 7) is 1.53. The molecule has 28 heavy (non-hydrogen) atoms. The predicted octanol–water partition coefficient (Wildman–Crippen LogP) is 4.84. The topological polar surface area (TPSA) is 58.4 Å². The van der Waals surface area contributed by atoms with Crippen molar-refractivity contribution >= 4 is 39.5 Å². The van der Waals surface area contributed by atoms with Crippen molar-refractivity contribution in [2.75, 3.05) is 23.3 Å². The fourth-order valence-electron chi connectivity index (χ4n) is 3.84. The number of nitrogens with zero attached hydrogens (tertiary/aromatic N) is 2. The van der Waals surface area contributed by atoms with E-state index in [1.54, 1.807) is 0 Å². The standard InChI is InChI=1S/C23H21N3O2/c27-22(24-19-10-9-16-5-1-2-6-18(16)15-19)17-11-13-26(14-12-17)23-25-20-7-3-4-8-21(20)28-23/h1-10,15,17H,11-14H2,(H,24,27). The zero-order valence-electron chi connectivity index (χ0n) is 15.5. The van der Waals surface area contributed by atoms with E-state index in [1.165, 1.54) is 5.39 Å². The highest BCUT2D eigenvalue weighted by molar-refractivity contribution is 5.95. The Morgan fingerprint density at radius 1 is 0.964 bits per heavy atom. The minimum absolute atomic E-state index is 0.00657. The largest absolute Gasteiger partial charge is 0.423 e. The molecular weight excluding hydrogens is 350 g/mol. The van der Waals surface area contributed by atoms with Crippen LogP contribution in [0.2, 0.25) is 0 Å². The SMILES string of the molecule is O=C(Nc1ccc2ccccc2c1)C1CCN(c2nc3ccccc3o2)CC1. The quantitative estimate of drug-likeness (QED) is 0.560. The van der Waals surface area contributed by atoms with Gasteiger partial charge in [-0.05, 0) is 47.9 Å². The Morgan fingerprint density at radius 2 is 1.71 bits per heavy atom. The Morgan fingerprint density at radius 3 is 2.54 bits per heavy atom. The lowest BCUT2D eigenvalue weighted by Gasteiger charge is -2.30. The van der Waals surface area contributed by atoms with Gasteiger partial charge < -0.3 is 14.6 Å². The molecule has 0 atom stereocenters. The minimum Gasteiger partial charge on any atom is -0.423 e. The van der Waals surface area contributed by atoms with Crippen LogP contribution in [-0.4, -0.2) is 24.0 Å². The molecule has 0 radical (unpaired) electrons. The highest BCUT2D eigenvalue weighted by atomic mass is 16.4. The molecule has 5 nitrogen and oxygen atoms in total. The van der Waals surface area contributed by atoms with Gasteiger partial charge in [0.2, 0.25) is 5.91 Å². The molecule has 140 valence electrons. The molecule has 0 bridgehead atoms. The molecule has 2 heterocycles. The molecule has 4 aromatic rings. The lowest BCUT2D eigenvalue weighted by molar-refractivity contribution is -0.120. The summed E-state index contributed by atoms with van der Waals surface area (Å²) >= 11 is 0. The van der Waals surface area contributed by atoms with E-state index in [4.69, 9.17) is 4.42 Å². The fraction of sp³-hybridized carbons (Fsp3) is 0.217. The number of aromatic nitrogens is 1. The molecular formula is C23H21N3O2. The fourth-order valence-corrected chi connectivity index (χ4v) is 3.84. The Labute approximate surface area is 163 Å². The number of rotatable bonds is 3. The number of amides is 1. The van der Waals surface area contributed by atoms with Crippen molar-refractivity contribution in [1.82, 2.24) is 4.98 Å². The van der Waals surface area contributed by atoms with Gasteiger partial charge in [-0.2, -0.15) is 4.98 Å². The summed E-state index contributed by atoms with van der Waals surface area (Å²) in [4.78, 5) is 19.4. The molecule has 1 aliphatic heterocycles. The van der Waals surface area contributed by atoms with Gasteiger partial charge in [0, 0.05) is 24.7 Å². The van der Waals surface area contributed by atoms with Gasteiger partial charge in [-0.3, -0.25) is 4.79 Å². The summed E-state index contributed by atoms with van der Waals surface area (Å²) in [5, 5.41) is 5.39. The van der Waals surface area contributed by atoms with Crippen LogP contribution in [0.4, 0.5) is 11.7 Å². The molecule has 1 amide bonds. The van der Waals surface area contributed by atoms with Crippen LogP contribution in [0.5, 0.6) is 0 Å². The zero-order valence-corrected chi connectivity index (χ0v) is 15.5. The van der Waals surface area contributed by atoms with E-state index in [0.29, 0.717) is 6.01 Å². The van der Waals surface area contributed by atoms with Crippen LogP contribution < -0.4 is 10.2 Å². The van der Waals surface area contributed by atoms with Crippen molar-refractivity contribution in [1.29, 1.82) is 0 Å². The van der Waals surface area contributed by atoms with Gasteiger partial charge in [0.25, 0.3) is 6.01 Å². The molecule has 3 aromatic carbocycles. The average Bonchev–Trinajstić information content (AvgIpc) is 3.18. The van der Waals surface area contributed by atoms with Crippen molar-refractivity contribution in [2.45, 2.75) is 12.8 Å². The summed E-state index contributed by atoms with van der Waals surface area (Å²) in [5.74, 6) is 0.0968. The number of hydrogen-bond acceptors (Lipinski definition) is 4. The van der Waals surface area contributed by atoms with E-state index in [1.807, 2.05) is 54.6 Å². The molecule has 1 aliphatic rings. The second kappa shape index (κ2) is 7.00. The Hall–Kier alpha value is -3.34. The maximum Gasteiger partial charge on any atom is 0.298 e. The van der Waals surface area contributed by atoms with Crippen molar-refractivity contribution in [3.63, 3.8) is 0 Å². The normalized spacial score (nSPS) is 15.2. The summed E-state index contributed by atoms with van der Waals surface area (Å²) in [5.41, 5.74) is 2.52. The summed E-state index contributed by atoms with van der Waals surface area (Å²) in [7, 11) is 0. The number of fused-ring (bicyclic) bond motifs is 2. The zero-order chi connectivity index (χ0) is 18.9. The van der Waals surface area contributed by atoms with Crippen LogP contribution >= 0.6 is 0 Å². The van der Waals surface area contributed by atoms with Gasteiger partial charge in [0.15, 0.2) is 5.58 Å². The molecule has 5 rings (SSSR count). The number of hydrogen-bond donors (Lipinski definition) is 1. The number of anilines is 2. The van der Waals surface area contributed by atoms with E-state index in [2.05, 4.69) is 27.3 Å². The number of benzene rings is 3. The summed E-state index contributed by atoms with van der Waals surface area (Å²) < 4.78 is 5.85. The van der Waals surface area contributed by atoms with Crippen molar-refractivity contribution < 1.29 is 9.21 Å². The monoisotopic (exact) mass is 371 g/mol. The number of piperidine rings is 1. The van der Waals surface area contributed by atoms with Crippen LogP contribution in [0, 0.1) is 5.92 Å². The van der Waals surface area contributed by atoms with Crippen LogP contribution in [0.3, 0.4) is 0 Å². The number of oxazole rings is 1. The molecule has 0 spiro atoms. The number of para-hydroxylation sites is 2. The third-order valence-corrected chi connectivity index (χ3v) is 5.44. The maximum absolute atomic E-state index is 12.7. The van der Waals surface area contributed by atoms with Gasteiger partial charge in [-0.25, -0.2) is 0 Å². The summed E-state index contributed by atoms with van der Waals surface area (Å²) in [6.07, 6.45) is 1.58. The van der Waals surface area contributed by atoms with Gasteiger partial charge in [-0.1, -0.05) is 42.5 Å². The first-order valence-electron chi connectivity index (χ1n) is 9.66. The lowest BCUT2D eigenvalue weighted by Crippen LogP contribution is -2.38. The van der Waals surface area contributed by atoms with E-state index >= 15 is 0 Å². The second-order valence-corrected chi connectivity index (χ2v) is 7.28. The van der Waals surface area contributed by atoms with Crippen LogP contribution in [0.25, 0.3) is 21.9 Å². The lowest BCUT2D eigenvalue weighted by atomic mass is 9.96. The molecule has 1 aromatic heterocycles. The molecule has 1 saturated heterocycles. The molecule has 0 unspecified atom stereocenters. The van der Waals surface area contributed by atoms with Crippen LogP contribution in [0.1, 0.15) is 12.8 Å². The van der Waals surface area contributed by atoms with Gasteiger partial charge in [-0.15, -0.1) is 0 Å². The van der Waals surface area contributed by atoms with E-state index in [-0.39, 0.29) is 11.8 Å². The van der Waals surface area contributed by atoms with Crippen LogP contribution in [0.15, 0.2) is 71.1 Å². The predicted molar refractivity (Wildman–Crippen MR) is 112 cm³/mol. The van der Waals surface area contributed by atoms with Crippen molar-refractivity contribution in [3.05, 3.63) is 66.7 Å². The second-order valence-electron chi connectivity index (χ2n) is 7.28. The average molecular weight is 371 g/mol. The number of carbonyl (C=O) groups excluding carboxylic acids is 1. The summed E-state index contributed by atoms with van der Waals surface area (Å²) in [6, 6.07) is 22.6. The molecule has 1 N–H and O–H groups in total. The highest BCUT2D eigenvalue weighted by Crippen LogP contribution is 2.27. The number of nitrogens with one attached hydrogen (secondary N) is 1. The Bertz CT molecular complexity index is 1110. The minimum atomic E-state index is 0.00657. The molecule has 5 heteroatoms. The first-order valence-corrected chi connectivity index (χ1v) is 9.66. The van der Waals surface area contributed by atoms with Crippen molar-refractivity contribution in [2.24, 2.45) is 5.92 Å². The van der Waals surface area contributed by atoms with Gasteiger partial charge >= 0.3 is 0 Å². The van der Waals surface area contributed by atoms with Gasteiger partial charge in [0.1, 0.15) is 5.52 Å².